The van der Waals surface area contributed by atoms with Crippen LogP contribution in [0.5, 0.6) is 0 Å². The highest BCUT2D eigenvalue weighted by molar-refractivity contribution is 5.33. The van der Waals surface area contributed by atoms with Gasteiger partial charge in [0.2, 0.25) is 0 Å². The molecule has 3 saturated carbocycles. The fourth-order valence-electron chi connectivity index (χ4n) is 8.12. The van der Waals surface area contributed by atoms with E-state index in [1.165, 1.54) is 56.1 Å². The van der Waals surface area contributed by atoms with Crippen molar-refractivity contribution in [3.8, 4) is 0 Å². The molecule has 194 valence electrons. The third kappa shape index (κ3) is 5.88. The van der Waals surface area contributed by atoms with Crippen LogP contribution < -0.4 is 0 Å². The van der Waals surface area contributed by atoms with Crippen molar-refractivity contribution in [3.63, 3.8) is 0 Å². The van der Waals surface area contributed by atoms with Crippen LogP contribution in [0.4, 0.5) is 8.78 Å². The maximum atomic E-state index is 15.3. The Bertz CT molecular complexity index is 836. The highest BCUT2D eigenvalue weighted by Gasteiger charge is 2.35. The smallest absolute Gasteiger partial charge is 0.125 e. The molecule has 35 heavy (non-hydrogen) atoms. The van der Waals surface area contributed by atoms with Crippen LogP contribution in [0, 0.1) is 35.5 Å². The molecule has 0 N–H and O–H groups in total. The average molecular weight is 483 g/mol. The zero-order chi connectivity index (χ0) is 24.4. The number of hydrogen-bond donors (Lipinski definition) is 0. The van der Waals surface area contributed by atoms with Crippen LogP contribution in [-0.2, 0) is 0 Å². The van der Waals surface area contributed by atoms with E-state index < -0.39 is 12.3 Å². The van der Waals surface area contributed by atoms with Crippen molar-refractivity contribution in [1.82, 2.24) is 0 Å². The molecule has 3 fully saturated rings. The molecule has 0 nitrogen and oxygen atoms in total. The minimum Gasteiger partial charge on any atom is -0.242 e. The van der Waals surface area contributed by atoms with Gasteiger partial charge in [-0.1, -0.05) is 68.6 Å². The van der Waals surface area contributed by atoms with Gasteiger partial charge in [0.15, 0.2) is 0 Å². The average Bonchev–Trinajstić information content (AvgIpc) is 2.89. The Kier molecular flexibility index (Phi) is 8.35. The van der Waals surface area contributed by atoms with Gasteiger partial charge in [-0.3, -0.25) is 0 Å². The zero-order valence-electron chi connectivity index (χ0n) is 22.3. The lowest BCUT2D eigenvalue weighted by atomic mass is 9.69. The summed E-state index contributed by atoms with van der Waals surface area (Å²) in [7, 11) is 0. The Morgan fingerprint density at radius 1 is 0.571 bits per heavy atom. The standard InChI is InChI=1S/C33H48F2/c1-3-23-6-10-24(11-7-23)28-16-19-31(33(35)20-28)27-14-12-25(13-15-27)29-17-18-30(32(34)21-29)26-8-4-22(2)5-9-26/h16-19,22-27,32-33H,3-15,20-21H2,1-2H3. The largest absolute Gasteiger partial charge is 0.242 e. The first kappa shape index (κ1) is 25.5. The molecule has 2 atom stereocenters. The lowest BCUT2D eigenvalue weighted by Crippen LogP contribution is -2.27. The first-order valence-corrected chi connectivity index (χ1v) is 15.1. The molecule has 2 heteroatoms. The molecule has 5 aliphatic carbocycles. The zero-order valence-corrected chi connectivity index (χ0v) is 22.3. The van der Waals surface area contributed by atoms with Crippen LogP contribution in [0.1, 0.15) is 110 Å². The highest BCUT2D eigenvalue weighted by Crippen LogP contribution is 2.45. The summed E-state index contributed by atoms with van der Waals surface area (Å²) in [6.07, 6.45) is 24.1. The van der Waals surface area contributed by atoms with Gasteiger partial charge in [-0.15, -0.1) is 0 Å². The van der Waals surface area contributed by atoms with E-state index in [1.807, 2.05) is 0 Å². The predicted molar refractivity (Wildman–Crippen MR) is 144 cm³/mol. The second-order valence-electron chi connectivity index (χ2n) is 12.8. The van der Waals surface area contributed by atoms with Crippen LogP contribution in [-0.4, -0.2) is 12.3 Å². The van der Waals surface area contributed by atoms with Gasteiger partial charge < -0.3 is 0 Å². The molecule has 2 unspecified atom stereocenters. The maximum absolute atomic E-state index is 15.3. The predicted octanol–water partition coefficient (Wildman–Crippen LogP) is 10.0. The number of alkyl halides is 2. The summed E-state index contributed by atoms with van der Waals surface area (Å²) in [6, 6.07) is 0. The van der Waals surface area contributed by atoms with Crippen molar-refractivity contribution in [2.75, 3.05) is 0 Å². The summed E-state index contributed by atoms with van der Waals surface area (Å²) in [6.45, 7) is 4.63. The molecule has 0 aromatic rings. The normalized spacial score (nSPS) is 40.9. The molecule has 0 saturated heterocycles. The van der Waals surface area contributed by atoms with Crippen molar-refractivity contribution < 1.29 is 8.78 Å². The molecule has 0 amide bonds. The Hall–Kier alpha value is -1.18. The molecule has 0 spiro atoms. The van der Waals surface area contributed by atoms with Gasteiger partial charge in [0, 0.05) is 12.8 Å². The van der Waals surface area contributed by atoms with Gasteiger partial charge in [-0.05, 0) is 111 Å². The molecule has 0 bridgehead atoms. The van der Waals surface area contributed by atoms with Gasteiger partial charge in [-0.2, -0.15) is 0 Å². The topological polar surface area (TPSA) is 0 Å². The summed E-state index contributed by atoms with van der Waals surface area (Å²) >= 11 is 0. The van der Waals surface area contributed by atoms with E-state index in [9.17, 15) is 0 Å². The minimum absolute atomic E-state index is 0.385. The second-order valence-corrected chi connectivity index (χ2v) is 12.8. The first-order valence-electron chi connectivity index (χ1n) is 15.1. The Balaban J connectivity index is 1.15. The van der Waals surface area contributed by atoms with Crippen LogP contribution in [0.2, 0.25) is 0 Å². The Labute approximate surface area is 213 Å². The summed E-state index contributed by atoms with van der Waals surface area (Å²) in [5.74, 6) is 3.66. The van der Waals surface area contributed by atoms with E-state index in [-0.39, 0.29) is 0 Å². The fraction of sp³-hybridized carbons (Fsp3) is 0.758. The molecule has 0 heterocycles. The molecule has 5 rings (SSSR count). The van der Waals surface area contributed by atoms with Crippen LogP contribution >= 0.6 is 0 Å². The van der Waals surface area contributed by atoms with E-state index in [2.05, 4.69) is 38.2 Å². The van der Waals surface area contributed by atoms with E-state index in [0.29, 0.717) is 36.5 Å². The quantitative estimate of drug-likeness (QED) is 0.366. The van der Waals surface area contributed by atoms with E-state index in [1.54, 1.807) is 0 Å². The fourth-order valence-corrected chi connectivity index (χ4v) is 8.12. The maximum Gasteiger partial charge on any atom is 0.125 e. The highest BCUT2D eigenvalue weighted by atomic mass is 19.1. The van der Waals surface area contributed by atoms with E-state index in [4.69, 9.17) is 0 Å². The number of allylic oxidation sites excluding steroid dienone is 8. The van der Waals surface area contributed by atoms with Gasteiger partial charge in [0.05, 0.1) is 0 Å². The summed E-state index contributed by atoms with van der Waals surface area (Å²) < 4.78 is 30.6. The van der Waals surface area contributed by atoms with Crippen molar-refractivity contribution in [1.29, 1.82) is 0 Å². The number of halogens is 2. The minimum atomic E-state index is -0.784. The van der Waals surface area contributed by atoms with Gasteiger partial charge in [0.25, 0.3) is 0 Å². The molecule has 0 aromatic carbocycles. The van der Waals surface area contributed by atoms with Gasteiger partial charge in [0.1, 0.15) is 12.3 Å². The van der Waals surface area contributed by atoms with Gasteiger partial charge >= 0.3 is 0 Å². The van der Waals surface area contributed by atoms with Gasteiger partial charge in [-0.25, -0.2) is 8.78 Å². The SMILES string of the molecule is CCC1CCC(C2=CC=C(C3CCC(C4=CC=C(C5CCC(C)CC5)C(F)C4)CC3)C(F)C2)CC1. The lowest BCUT2D eigenvalue weighted by molar-refractivity contribution is 0.250. The van der Waals surface area contributed by atoms with Crippen LogP contribution in [0.15, 0.2) is 46.6 Å². The molecular formula is C33H48F2. The molecule has 0 aliphatic heterocycles. The molecule has 5 aliphatic rings. The second kappa shape index (κ2) is 11.5. The molecule has 0 aromatic heterocycles. The number of hydrogen-bond acceptors (Lipinski definition) is 0. The summed E-state index contributed by atoms with van der Waals surface area (Å²) in [5, 5.41) is 0. The van der Waals surface area contributed by atoms with E-state index in [0.717, 1.165) is 61.5 Å². The first-order chi connectivity index (χ1) is 17.0. The van der Waals surface area contributed by atoms with Crippen molar-refractivity contribution in [2.45, 2.75) is 123 Å². The van der Waals surface area contributed by atoms with Crippen molar-refractivity contribution in [2.24, 2.45) is 35.5 Å². The van der Waals surface area contributed by atoms with Crippen LogP contribution in [0.3, 0.4) is 0 Å². The summed E-state index contributed by atoms with van der Waals surface area (Å²) in [4.78, 5) is 0. The molecule has 0 radical (unpaired) electrons. The third-order valence-electron chi connectivity index (χ3n) is 10.7. The Morgan fingerprint density at radius 3 is 1.40 bits per heavy atom. The van der Waals surface area contributed by atoms with Crippen molar-refractivity contribution >= 4 is 0 Å². The van der Waals surface area contributed by atoms with Crippen molar-refractivity contribution in [3.05, 3.63) is 46.6 Å². The third-order valence-corrected chi connectivity index (χ3v) is 10.7. The van der Waals surface area contributed by atoms with Crippen LogP contribution in [0.25, 0.3) is 0 Å². The van der Waals surface area contributed by atoms with E-state index >= 15 is 8.78 Å². The Morgan fingerprint density at radius 2 is 0.971 bits per heavy atom. The number of rotatable bonds is 5. The lowest BCUT2D eigenvalue weighted by Gasteiger charge is -2.37. The molecular weight excluding hydrogens is 434 g/mol. The monoisotopic (exact) mass is 482 g/mol. The summed E-state index contributed by atoms with van der Waals surface area (Å²) in [5.41, 5.74) is 4.83.